The van der Waals surface area contributed by atoms with E-state index in [1.54, 1.807) is 112 Å². The number of hydrogen-bond donors (Lipinski definition) is 2. The lowest BCUT2D eigenvalue weighted by molar-refractivity contribution is -0.143. The smallest absolute Gasteiger partial charge is 0.437 e. The number of rotatable bonds is 11. The molecule has 2 N–H and O–H groups in total. The molecule has 0 aliphatic rings. The number of aliphatic imine (C=N–C) groups is 1. The Kier molecular flexibility index (Phi) is 14.6. The molecule has 49 heavy (non-hydrogen) atoms. The average molecular weight is 677 g/mol. The van der Waals surface area contributed by atoms with Gasteiger partial charge in [-0.1, -0.05) is 91.0 Å². The maximum atomic E-state index is 13.6. The van der Waals surface area contributed by atoms with Gasteiger partial charge in [0.15, 0.2) is 0 Å². The minimum atomic E-state index is -1.32. The molecule has 4 amide bonds. The predicted octanol–water partition coefficient (Wildman–Crippen LogP) is 5.70. The summed E-state index contributed by atoms with van der Waals surface area (Å²) in [7, 11) is 1.12. The maximum Gasteiger partial charge on any atom is 0.437 e. The first-order chi connectivity index (χ1) is 23.4. The van der Waals surface area contributed by atoms with Crippen LogP contribution in [0.4, 0.5) is 19.2 Å². The summed E-state index contributed by atoms with van der Waals surface area (Å²) >= 11 is 0. The lowest BCUT2D eigenvalue weighted by atomic mass is 10.2. The number of carbonyl (C=O) groups is 5. The monoisotopic (exact) mass is 676 g/mol. The van der Waals surface area contributed by atoms with Gasteiger partial charge in [0.2, 0.25) is 5.96 Å². The molecular formula is C35H40N4O10. The lowest BCUT2D eigenvalue weighted by Crippen LogP contribution is -2.51. The number of nitrogens with one attached hydrogen (secondary N) is 2. The highest BCUT2D eigenvalue weighted by Crippen LogP contribution is 2.11. The molecule has 0 radical (unpaired) electrons. The predicted molar refractivity (Wildman–Crippen MR) is 177 cm³/mol. The van der Waals surface area contributed by atoms with Crippen molar-refractivity contribution in [1.82, 2.24) is 15.5 Å². The number of hydrogen-bond acceptors (Lipinski definition) is 10. The minimum Gasteiger partial charge on any atom is -0.467 e. The molecular weight excluding hydrogens is 636 g/mol. The SMILES string of the molecule is COC(=O)[C@H](CCN(C(=O)OCc1ccccc1)C(=NC(=O)OCc1ccccc1)NC(=O)OCc1ccccc1)NC(=O)OC(C)(C)C. The van der Waals surface area contributed by atoms with Gasteiger partial charge in [-0.2, -0.15) is 0 Å². The van der Waals surface area contributed by atoms with E-state index in [9.17, 15) is 24.0 Å². The van der Waals surface area contributed by atoms with Crippen molar-refractivity contribution in [3.05, 3.63) is 108 Å². The Hall–Kier alpha value is -5.92. The van der Waals surface area contributed by atoms with Crippen molar-refractivity contribution in [2.75, 3.05) is 13.7 Å². The van der Waals surface area contributed by atoms with Gasteiger partial charge in [-0.15, -0.1) is 4.99 Å². The van der Waals surface area contributed by atoms with Crippen molar-refractivity contribution >= 4 is 36.3 Å². The fourth-order valence-electron chi connectivity index (χ4n) is 4.02. The fourth-order valence-corrected chi connectivity index (χ4v) is 4.02. The van der Waals surface area contributed by atoms with E-state index in [4.69, 9.17) is 23.7 Å². The van der Waals surface area contributed by atoms with Gasteiger partial charge in [-0.25, -0.2) is 28.9 Å². The second-order valence-electron chi connectivity index (χ2n) is 11.4. The van der Waals surface area contributed by atoms with E-state index >= 15 is 0 Å². The van der Waals surface area contributed by atoms with Gasteiger partial charge in [-0.05, 0) is 43.9 Å². The summed E-state index contributed by atoms with van der Waals surface area (Å²) in [5.41, 5.74) is 1.11. The number of alkyl carbamates (subject to hydrolysis) is 2. The minimum absolute atomic E-state index is 0.138. The summed E-state index contributed by atoms with van der Waals surface area (Å²) in [6, 6.07) is 25.0. The van der Waals surface area contributed by atoms with Crippen LogP contribution in [0.1, 0.15) is 43.9 Å². The van der Waals surface area contributed by atoms with E-state index < -0.39 is 54.5 Å². The largest absolute Gasteiger partial charge is 0.467 e. The summed E-state index contributed by atoms with van der Waals surface area (Å²) in [5, 5.41) is 4.74. The maximum absolute atomic E-state index is 13.6. The fraction of sp³-hybridized carbons (Fsp3) is 0.314. The zero-order valence-electron chi connectivity index (χ0n) is 27.8. The summed E-state index contributed by atoms with van der Waals surface area (Å²) in [6.07, 6.45) is -4.47. The molecule has 0 aliphatic carbocycles. The standard InChI is InChI=1S/C35H40N4O10/c1-35(2,3)49-33(43)36-28(29(40)45-4)20-21-39(34(44)48-24-27-18-12-7-13-19-27)30(37-31(41)46-22-25-14-8-5-9-15-25)38-32(42)47-23-26-16-10-6-11-17-26/h5-19,28H,20-24H2,1-4H3,(H,36,43)(H,37,38,41,42)/t28-/m0/s1. The van der Waals surface area contributed by atoms with Crippen LogP contribution in [0, 0.1) is 0 Å². The van der Waals surface area contributed by atoms with Crippen molar-refractivity contribution in [2.45, 2.75) is 58.7 Å². The number of guanidine groups is 1. The summed E-state index contributed by atoms with van der Waals surface area (Å²) in [4.78, 5) is 69.3. The number of methoxy groups -OCH3 is 1. The third-order valence-electron chi connectivity index (χ3n) is 6.33. The molecule has 260 valence electrons. The van der Waals surface area contributed by atoms with Crippen LogP contribution in [-0.4, -0.2) is 66.5 Å². The van der Waals surface area contributed by atoms with Crippen LogP contribution in [0.2, 0.25) is 0 Å². The Labute approximate surface area is 284 Å². The van der Waals surface area contributed by atoms with Crippen LogP contribution in [0.5, 0.6) is 0 Å². The lowest BCUT2D eigenvalue weighted by Gasteiger charge is -2.26. The van der Waals surface area contributed by atoms with Crippen molar-refractivity contribution in [1.29, 1.82) is 0 Å². The molecule has 0 unspecified atom stereocenters. The van der Waals surface area contributed by atoms with Crippen molar-refractivity contribution < 1.29 is 47.7 Å². The number of benzene rings is 3. The number of esters is 1. The number of amides is 4. The van der Waals surface area contributed by atoms with Crippen LogP contribution in [0.15, 0.2) is 96.0 Å². The molecule has 0 bridgehead atoms. The third-order valence-corrected chi connectivity index (χ3v) is 6.33. The number of nitrogens with zero attached hydrogens (tertiary/aromatic N) is 2. The van der Waals surface area contributed by atoms with E-state index in [0.29, 0.717) is 16.7 Å². The highest BCUT2D eigenvalue weighted by atomic mass is 16.6. The van der Waals surface area contributed by atoms with Crippen LogP contribution in [-0.2, 0) is 48.3 Å². The zero-order valence-corrected chi connectivity index (χ0v) is 27.8. The molecule has 1 atom stereocenters. The van der Waals surface area contributed by atoms with E-state index in [1.165, 1.54) is 0 Å². The molecule has 14 heteroatoms. The second kappa shape index (κ2) is 19.0. The molecule has 0 aliphatic heterocycles. The summed E-state index contributed by atoms with van der Waals surface area (Å²) < 4.78 is 26.2. The first kappa shape index (κ1) is 37.5. The third kappa shape index (κ3) is 14.2. The molecule has 14 nitrogen and oxygen atoms in total. The quantitative estimate of drug-likeness (QED) is 0.111. The topological polar surface area (TPSA) is 171 Å². The Bertz CT molecular complexity index is 1560. The van der Waals surface area contributed by atoms with Crippen LogP contribution in [0.3, 0.4) is 0 Å². The van der Waals surface area contributed by atoms with Gasteiger partial charge < -0.3 is 29.0 Å². The normalized spacial score (nSPS) is 11.7. The summed E-state index contributed by atoms with van der Waals surface area (Å²) in [5.74, 6) is -1.46. The van der Waals surface area contributed by atoms with Crippen LogP contribution < -0.4 is 10.6 Å². The number of ether oxygens (including phenoxy) is 5. The van der Waals surface area contributed by atoms with Gasteiger partial charge in [0, 0.05) is 6.54 Å². The van der Waals surface area contributed by atoms with Crippen molar-refractivity contribution in [2.24, 2.45) is 4.99 Å². The second-order valence-corrected chi connectivity index (χ2v) is 11.4. The molecule has 0 heterocycles. The van der Waals surface area contributed by atoms with Gasteiger partial charge in [0.05, 0.1) is 7.11 Å². The van der Waals surface area contributed by atoms with E-state index in [0.717, 1.165) is 12.0 Å². The van der Waals surface area contributed by atoms with Crippen molar-refractivity contribution in [3.63, 3.8) is 0 Å². The Balaban J connectivity index is 1.90. The number of carbonyl (C=O) groups excluding carboxylic acids is 5. The Morgan fingerprint density at radius 3 is 1.69 bits per heavy atom. The molecule has 0 fully saturated rings. The first-order valence-corrected chi connectivity index (χ1v) is 15.3. The van der Waals surface area contributed by atoms with E-state index in [2.05, 4.69) is 15.6 Å². The van der Waals surface area contributed by atoms with Crippen molar-refractivity contribution in [3.8, 4) is 0 Å². The molecule has 0 saturated heterocycles. The van der Waals surface area contributed by atoms with Gasteiger partial charge in [-0.3, -0.25) is 5.32 Å². The van der Waals surface area contributed by atoms with Crippen LogP contribution in [0.25, 0.3) is 0 Å². The van der Waals surface area contributed by atoms with E-state index in [-0.39, 0.29) is 26.2 Å². The van der Waals surface area contributed by atoms with Gasteiger partial charge in [0.1, 0.15) is 31.5 Å². The first-order valence-electron chi connectivity index (χ1n) is 15.3. The molecule has 0 aromatic heterocycles. The molecule has 0 saturated carbocycles. The molecule has 3 aromatic carbocycles. The molecule has 0 spiro atoms. The average Bonchev–Trinajstić information content (AvgIpc) is 3.08. The Morgan fingerprint density at radius 2 is 1.20 bits per heavy atom. The molecule has 3 rings (SSSR count). The zero-order chi connectivity index (χ0) is 35.6. The summed E-state index contributed by atoms with van der Waals surface area (Å²) in [6.45, 7) is 4.04. The molecule has 3 aromatic rings. The Morgan fingerprint density at radius 1 is 0.714 bits per heavy atom. The van der Waals surface area contributed by atoms with E-state index in [1.807, 2.05) is 0 Å². The van der Waals surface area contributed by atoms with Crippen LogP contribution >= 0.6 is 0 Å². The van der Waals surface area contributed by atoms with Gasteiger partial charge >= 0.3 is 30.3 Å². The van der Waals surface area contributed by atoms with Gasteiger partial charge in [0.25, 0.3) is 0 Å². The highest BCUT2D eigenvalue weighted by Gasteiger charge is 2.30. The highest BCUT2D eigenvalue weighted by molar-refractivity contribution is 6.04.